The second kappa shape index (κ2) is 5.93. The summed E-state index contributed by atoms with van der Waals surface area (Å²) in [5, 5.41) is 15.8. The van der Waals surface area contributed by atoms with Crippen LogP contribution in [0.15, 0.2) is 18.3 Å². The van der Waals surface area contributed by atoms with E-state index in [4.69, 9.17) is 0 Å². The zero-order chi connectivity index (χ0) is 13.8. The molecule has 2 aromatic heterocycles. The fourth-order valence-corrected chi connectivity index (χ4v) is 2.37. The SMILES string of the molecule is CNCC(C)Cc1c(C)nn(-c2cccnn2)c1C. The summed E-state index contributed by atoms with van der Waals surface area (Å²) >= 11 is 0. The first-order chi connectivity index (χ1) is 9.13. The number of hydrogen-bond acceptors (Lipinski definition) is 4. The average molecular weight is 259 g/mol. The molecular formula is C14H21N5. The third-order valence-corrected chi connectivity index (χ3v) is 3.32. The van der Waals surface area contributed by atoms with Gasteiger partial charge in [0.15, 0.2) is 5.82 Å². The summed E-state index contributed by atoms with van der Waals surface area (Å²) in [6, 6.07) is 3.80. The van der Waals surface area contributed by atoms with Crippen molar-refractivity contribution in [2.75, 3.05) is 13.6 Å². The molecule has 2 rings (SSSR count). The van der Waals surface area contributed by atoms with Crippen molar-refractivity contribution in [2.24, 2.45) is 5.92 Å². The van der Waals surface area contributed by atoms with Crippen molar-refractivity contribution in [3.63, 3.8) is 0 Å². The van der Waals surface area contributed by atoms with Crippen molar-refractivity contribution in [1.29, 1.82) is 0 Å². The second-order valence-corrected chi connectivity index (χ2v) is 5.01. The number of rotatable bonds is 5. The van der Waals surface area contributed by atoms with E-state index in [2.05, 4.69) is 41.4 Å². The topological polar surface area (TPSA) is 55.6 Å². The number of nitrogens with zero attached hydrogens (tertiary/aromatic N) is 4. The third-order valence-electron chi connectivity index (χ3n) is 3.32. The van der Waals surface area contributed by atoms with Crippen LogP contribution in [0.1, 0.15) is 23.9 Å². The van der Waals surface area contributed by atoms with Crippen LogP contribution in [-0.2, 0) is 6.42 Å². The lowest BCUT2D eigenvalue weighted by Gasteiger charge is -2.11. The van der Waals surface area contributed by atoms with Crippen molar-refractivity contribution >= 4 is 0 Å². The minimum Gasteiger partial charge on any atom is -0.319 e. The first-order valence-corrected chi connectivity index (χ1v) is 6.61. The lowest BCUT2D eigenvalue weighted by atomic mass is 10.00. The normalized spacial score (nSPS) is 12.6. The largest absolute Gasteiger partial charge is 0.319 e. The zero-order valence-electron chi connectivity index (χ0n) is 12.0. The number of hydrogen-bond donors (Lipinski definition) is 1. The number of nitrogens with one attached hydrogen (secondary N) is 1. The molecule has 1 unspecified atom stereocenters. The van der Waals surface area contributed by atoms with Crippen molar-refractivity contribution in [1.82, 2.24) is 25.3 Å². The van der Waals surface area contributed by atoms with Crippen LogP contribution in [0.25, 0.3) is 5.82 Å². The molecule has 19 heavy (non-hydrogen) atoms. The highest BCUT2D eigenvalue weighted by Crippen LogP contribution is 2.19. The first-order valence-electron chi connectivity index (χ1n) is 6.61. The van der Waals surface area contributed by atoms with Gasteiger partial charge in [0.25, 0.3) is 0 Å². The van der Waals surface area contributed by atoms with E-state index in [0.717, 1.165) is 30.2 Å². The summed E-state index contributed by atoms with van der Waals surface area (Å²) in [7, 11) is 1.99. The molecule has 5 heteroatoms. The maximum Gasteiger partial charge on any atom is 0.175 e. The monoisotopic (exact) mass is 259 g/mol. The molecule has 102 valence electrons. The lowest BCUT2D eigenvalue weighted by Crippen LogP contribution is -2.18. The van der Waals surface area contributed by atoms with Gasteiger partial charge in [0.05, 0.1) is 5.69 Å². The van der Waals surface area contributed by atoms with Crippen molar-refractivity contribution in [2.45, 2.75) is 27.2 Å². The van der Waals surface area contributed by atoms with Crippen LogP contribution >= 0.6 is 0 Å². The molecule has 0 fully saturated rings. The van der Waals surface area contributed by atoms with Crippen LogP contribution in [0.2, 0.25) is 0 Å². The number of aryl methyl sites for hydroxylation is 1. The molecule has 0 spiro atoms. The Morgan fingerprint density at radius 3 is 2.79 bits per heavy atom. The van der Waals surface area contributed by atoms with E-state index < -0.39 is 0 Å². The van der Waals surface area contributed by atoms with Gasteiger partial charge in [-0.25, -0.2) is 4.68 Å². The molecule has 2 aromatic rings. The predicted octanol–water partition coefficient (Wildman–Crippen LogP) is 1.68. The molecule has 1 atom stereocenters. The van der Waals surface area contributed by atoms with E-state index in [1.807, 2.05) is 23.9 Å². The van der Waals surface area contributed by atoms with Gasteiger partial charge in [0, 0.05) is 11.9 Å². The predicted molar refractivity (Wildman–Crippen MR) is 75.4 cm³/mol. The van der Waals surface area contributed by atoms with Gasteiger partial charge in [-0.15, -0.1) is 5.10 Å². The average Bonchev–Trinajstić information content (AvgIpc) is 2.68. The van der Waals surface area contributed by atoms with E-state index >= 15 is 0 Å². The van der Waals surface area contributed by atoms with E-state index in [1.54, 1.807) is 6.20 Å². The van der Waals surface area contributed by atoms with Gasteiger partial charge in [-0.05, 0) is 57.5 Å². The van der Waals surface area contributed by atoms with Crippen LogP contribution < -0.4 is 5.32 Å². The van der Waals surface area contributed by atoms with Gasteiger partial charge in [-0.3, -0.25) is 0 Å². The van der Waals surface area contributed by atoms with Crippen LogP contribution in [-0.4, -0.2) is 33.6 Å². The van der Waals surface area contributed by atoms with Gasteiger partial charge >= 0.3 is 0 Å². The summed E-state index contributed by atoms with van der Waals surface area (Å²) in [5.74, 6) is 1.36. The van der Waals surface area contributed by atoms with E-state index in [-0.39, 0.29) is 0 Å². The molecule has 0 bridgehead atoms. The molecule has 0 aromatic carbocycles. The van der Waals surface area contributed by atoms with Gasteiger partial charge in [0.2, 0.25) is 0 Å². The summed E-state index contributed by atoms with van der Waals surface area (Å²) < 4.78 is 1.88. The summed E-state index contributed by atoms with van der Waals surface area (Å²) in [6.07, 6.45) is 2.70. The Labute approximate surface area is 114 Å². The van der Waals surface area contributed by atoms with Crippen molar-refractivity contribution in [3.05, 3.63) is 35.3 Å². The van der Waals surface area contributed by atoms with E-state index in [1.165, 1.54) is 5.56 Å². The van der Waals surface area contributed by atoms with Gasteiger partial charge in [-0.2, -0.15) is 10.2 Å². The van der Waals surface area contributed by atoms with Crippen molar-refractivity contribution in [3.8, 4) is 5.82 Å². The maximum atomic E-state index is 4.59. The minimum atomic E-state index is 0.585. The summed E-state index contributed by atoms with van der Waals surface area (Å²) in [5.41, 5.74) is 3.54. The number of aromatic nitrogens is 4. The molecule has 0 aliphatic heterocycles. The Morgan fingerprint density at radius 1 is 1.37 bits per heavy atom. The van der Waals surface area contributed by atoms with Gasteiger partial charge < -0.3 is 5.32 Å². The van der Waals surface area contributed by atoms with Crippen LogP contribution in [0.5, 0.6) is 0 Å². The first kappa shape index (κ1) is 13.7. The molecule has 1 N–H and O–H groups in total. The molecule has 0 saturated heterocycles. The third kappa shape index (κ3) is 2.98. The highest BCUT2D eigenvalue weighted by molar-refractivity contribution is 5.31. The Balaban J connectivity index is 2.30. The smallest absolute Gasteiger partial charge is 0.175 e. The van der Waals surface area contributed by atoms with Crippen LogP contribution in [0, 0.1) is 19.8 Å². The van der Waals surface area contributed by atoms with Crippen LogP contribution in [0.4, 0.5) is 0 Å². The molecule has 5 nitrogen and oxygen atoms in total. The highest BCUT2D eigenvalue weighted by atomic mass is 15.3. The fourth-order valence-electron chi connectivity index (χ4n) is 2.37. The molecule has 0 aliphatic carbocycles. The molecule has 0 saturated carbocycles. The molecule has 0 radical (unpaired) electrons. The van der Waals surface area contributed by atoms with Crippen molar-refractivity contribution < 1.29 is 0 Å². The zero-order valence-corrected chi connectivity index (χ0v) is 12.0. The molecule has 2 heterocycles. The fraction of sp³-hybridized carbons (Fsp3) is 0.500. The van der Waals surface area contributed by atoms with E-state index in [9.17, 15) is 0 Å². The second-order valence-electron chi connectivity index (χ2n) is 5.01. The Hall–Kier alpha value is -1.75. The summed E-state index contributed by atoms with van der Waals surface area (Å²) in [6.45, 7) is 7.40. The lowest BCUT2D eigenvalue weighted by molar-refractivity contribution is 0.539. The maximum absolute atomic E-state index is 4.59. The minimum absolute atomic E-state index is 0.585. The standard InChI is InChI=1S/C14H21N5/c1-10(9-15-4)8-13-11(2)18-19(12(13)3)14-6-5-7-16-17-14/h5-7,10,15H,8-9H2,1-4H3. The highest BCUT2D eigenvalue weighted by Gasteiger charge is 2.15. The van der Waals surface area contributed by atoms with Gasteiger partial charge in [-0.1, -0.05) is 6.92 Å². The Morgan fingerprint density at radius 2 is 2.16 bits per heavy atom. The van der Waals surface area contributed by atoms with Crippen LogP contribution in [0.3, 0.4) is 0 Å². The molecule has 0 aliphatic rings. The quantitative estimate of drug-likeness (QED) is 0.887. The van der Waals surface area contributed by atoms with Gasteiger partial charge in [0.1, 0.15) is 0 Å². The summed E-state index contributed by atoms with van der Waals surface area (Å²) in [4.78, 5) is 0. The molecular weight excluding hydrogens is 238 g/mol. The molecule has 0 amide bonds. The Kier molecular flexibility index (Phi) is 4.27. The Bertz CT molecular complexity index is 532. The van der Waals surface area contributed by atoms with E-state index in [0.29, 0.717) is 5.92 Å².